The van der Waals surface area contributed by atoms with E-state index in [0.29, 0.717) is 0 Å². The Morgan fingerprint density at radius 1 is 1.22 bits per heavy atom. The average Bonchev–Trinajstić information content (AvgIpc) is 2.71. The minimum atomic E-state index is 0.744. The van der Waals surface area contributed by atoms with Crippen molar-refractivity contribution < 1.29 is 0 Å². The van der Waals surface area contributed by atoms with Gasteiger partial charge < -0.3 is 10.6 Å². The summed E-state index contributed by atoms with van der Waals surface area (Å²) in [4.78, 5) is 5.38. The summed E-state index contributed by atoms with van der Waals surface area (Å²) in [5.74, 6) is 1.54. The summed E-state index contributed by atoms with van der Waals surface area (Å²) >= 11 is 0. The normalized spacial score (nSPS) is 32.5. The molecule has 0 aromatic rings. The van der Waals surface area contributed by atoms with Crippen LogP contribution in [0.4, 0.5) is 0 Å². The van der Waals surface area contributed by atoms with E-state index in [1.165, 1.54) is 45.4 Å². The highest BCUT2D eigenvalue weighted by Crippen LogP contribution is 2.28. The molecule has 2 aliphatic rings. The van der Waals surface area contributed by atoms with E-state index in [-0.39, 0.29) is 0 Å². The third-order valence-corrected chi connectivity index (χ3v) is 4.69. The summed E-state index contributed by atoms with van der Waals surface area (Å²) in [6.07, 6.45) is 4.02. The minimum Gasteiger partial charge on any atom is -0.330 e. The maximum absolute atomic E-state index is 5.83. The Bertz CT molecular complexity index is 246. The van der Waals surface area contributed by atoms with Crippen molar-refractivity contribution in [3.63, 3.8) is 0 Å². The molecule has 2 heterocycles. The summed E-state index contributed by atoms with van der Waals surface area (Å²) < 4.78 is 0. The SMILES string of the molecule is CC(C)CN1CCC(N2CC(CN)CC2C)CC1. The predicted molar refractivity (Wildman–Crippen MR) is 77.6 cm³/mol. The molecule has 0 aromatic heterocycles. The highest BCUT2D eigenvalue weighted by atomic mass is 15.2. The molecule has 0 radical (unpaired) electrons. The molecule has 2 fully saturated rings. The molecule has 3 heteroatoms. The zero-order chi connectivity index (χ0) is 13.1. The fourth-order valence-electron chi connectivity index (χ4n) is 3.80. The van der Waals surface area contributed by atoms with E-state index < -0.39 is 0 Å². The highest BCUT2D eigenvalue weighted by Gasteiger charge is 2.34. The first-order chi connectivity index (χ1) is 8.60. The molecule has 2 unspecified atom stereocenters. The Morgan fingerprint density at radius 3 is 2.39 bits per heavy atom. The van der Waals surface area contributed by atoms with Gasteiger partial charge in [0.1, 0.15) is 0 Å². The summed E-state index contributed by atoms with van der Waals surface area (Å²) in [5, 5.41) is 0. The zero-order valence-electron chi connectivity index (χ0n) is 12.4. The molecule has 18 heavy (non-hydrogen) atoms. The number of piperidine rings is 1. The summed E-state index contributed by atoms with van der Waals surface area (Å²) in [5.41, 5.74) is 5.83. The van der Waals surface area contributed by atoms with E-state index in [0.717, 1.165) is 30.5 Å². The Hall–Kier alpha value is -0.120. The van der Waals surface area contributed by atoms with Gasteiger partial charge in [0.2, 0.25) is 0 Å². The summed E-state index contributed by atoms with van der Waals surface area (Å²) in [6.45, 7) is 13.0. The molecule has 2 aliphatic heterocycles. The Kier molecular flexibility index (Phi) is 5.05. The fourth-order valence-corrected chi connectivity index (χ4v) is 3.80. The fraction of sp³-hybridized carbons (Fsp3) is 1.00. The molecule has 0 amide bonds. The first-order valence-electron chi connectivity index (χ1n) is 7.78. The van der Waals surface area contributed by atoms with Gasteiger partial charge in [-0.1, -0.05) is 13.8 Å². The van der Waals surface area contributed by atoms with Crippen LogP contribution in [0.1, 0.15) is 40.0 Å². The molecule has 2 rings (SSSR count). The average molecular weight is 253 g/mol. The lowest BCUT2D eigenvalue weighted by atomic mass is 10.0. The van der Waals surface area contributed by atoms with Crippen LogP contribution in [0, 0.1) is 11.8 Å². The second-order valence-corrected chi connectivity index (χ2v) is 6.81. The van der Waals surface area contributed by atoms with Crippen molar-refractivity contribution in [2.24, 2.45) is 17.6 Å². The topological polar surface area (TPSA) is 32.5 Å². The number of likely N-dealkylation sites (tertiary alicyclic amines) is 2. The van der Waals surface area contributed by atoms with Crippen molar-refractivity contribution in [1.82, 2.24) is 9.80 Å². The number of nitrogens with zero attached hydrogens (tertiary/aromatic N) is 2. The number of nitrogens with two attached hydrogens (primary N) is 1. The minimum absolute atomic E-state index is 0.744. The Balaban J connectivity index is 1.79. The lowest BCUT2D eigenvalue weighted by Crippen LogP contribution is -2.47. The number of hydrogen-bond donors (Lipinski definition) is 1. The maximum atomic E-state index is 5.83. The van der Waals surface area contributed by atoms with Crippen molar-refractivity contribution in [1.29, 1.82) is 0 Å². The largest absolute Gasteiger partial charge is 0.330 e. The first-order valence-corrected chi connectivity index (χ1v) is 7.78. The van der Waals surface area contributed by atoms with Gasteiger partial charge in [-0.15, -0.1) is 0 Å². The zero-order valence-corrected chi connectivity index (χ0v) is 12.4. The van der Waals surface area contributed by atoms with Gasteiger partial charge >= 0.3 is 0 Å². The van der Waals surface area contributed by atoms with Gasteiger partial charge in [0, 0.05) is 25.2 Å². The Morgan fingerprint density at radius 2 is 1.89 bits per heavy atom. The monoisotopic (exact) mass is 253 g/mol. The predicted octanol–water partition coefficient (Wildman–Crippen LogP) is 1.78. The maximum Gasteiger partial charge on any atom is 0.0122 e. The van der Waals surface area contributed by atoms with Crippen LogP contribution in [0.15, 0.2) is 0 Å². The van der Waals surface area contributed by atoms with Crippen molar-refractivity contribution in [3.8, 4) is 0 Å². The van der Waals surface area contributed by atoms with Crippen LogP contribution in [0.25, 0.3) is 0 Å². The number of rotatable bonds is 4. The molecule has 2 saturated heterocycles. The smallest absolute Gasteiger partial charge is 0.0122 e. The van der Waals surface area contributed by atoms with Crippen LogP contribution in [0.2, 0.25) is 0 Å². The number of hydrogen-bond acceptors (Lipinski definition) is 3. The lowest BCUT2D eigenvalue weighted by Gasteiger charge is -2.39. The quantitative estimate of drug-likeness (QED) is 0.829. The third-order valence-electron chi connectivity index (χ3n) is 4.69. The van der Waals surface area contributed by atoms with Gasteiger partial charge in [0.05, 0.1) is 0 Å². The molecular weight excluding hydrogens is 222 g/mol. The van der Waals surface area contributed by atoms with Gasteiger partial charge in [0.15, 0.2) is 0 Å². The van der Waals surface area contributed by atoms with E-state index in [1.807, 2.05) is 0 Å². The molecule has 3 nitrogen and oxygen atoms in total. The summed E-state index contributed by atoms with van der Waals surface area (Å²) in [6, 6.07) is 1.57. The van der Waals surface area contributed by atoms with Crippen LogP contribution in [-0.4, -0.2) is 54.6 Å². The second-order valence-electron chi connectivity index (χ2n) is 6.81. The van der Waals surface area contributed by atoms with Gasteiger partial charge in [-0.05, 0) is 57.7 Å². The van der Waals surface area contributed by atoms with Gasteiger partial charge in [0.25, 0.3) is 0 Å². The van der Waals surface area contributed by atoms with Gasteiger partial charge in [-0.2, -0.15) is 0 Å². The standard InChI is InChI=1S/C15H31N3/c1-12(2)10-17-6-4-15(5-7-17)18-11-14(9-16)8-13(18)3/h12-15H,4-11,16H2,1-3H3. The molecule has 0 aliphatic carbocycles. The van der Waals surface area contributed by atoms with Crippen LogP contribution >= 0.6 is 0 Å². The summed E-state index contributed by atoms with van der Waals surface area (Å²) in [7, 11) is 0. The molecular formula is C15H31N3. The van der Waals surface area contributed by atoms with Crippen molar-refractivity contribution in [2.75, 3.05) is 32.7 Å². The van der Waals surface area contributed by atoms with E-state index >= 15 is 0 Å². The van der Waals surface area contributed by atoms with E-state index in [2.05, 4.69) is 30.6 Å². The first kappa shape index (κ1) is 14.3. The lowest BCUT2D eigenvalue weighted by molar-refractivity contribution is 0.0961. The second kappa shape index (κ2) is 6.36. The molecule has 2 atom stereocenters. The van der Waals surface area contributed by atoms with Crippen LogP contribution in [-0.2, 0) is 0 Å². The van der Waals surface area contributed by atoms with Gasteiger partial charge in [-0.25, -0.2) is 0 Å². The Labute approximate surface area is 113 Å². The molecule has 0 spiro atoms. The molecule has 0 saturated carbocycles. The molecule has 0 bridgehead atoms. The highest BCUT2D eigenvalue weighted by molar-refractivity contribution is 4.90. The van der Waals surface area contributed by atoms with Crippen molar-refractivity contribution in [2.45, 2.75) is 52.1 Å². The van der Waals surface area contributed by atoms with Crippen LogP contribution in [0.3, 0.4) is 0 Å². The van der Waals surface area contributed by atoms with Gasteiger partial charge in [-0.3, -0.25) is 4.90 Å². The van der Waals surface area contributed by atoms with Crippen molar-refractivity contribution in [3.05, 3.63) is 0 Å². The van der Waals surface area contributed by atoms with E-state index in [9.17, 15) is 0 Å². The van der Waals surface area contributed by atoms with E-state index in [4.69, 9.17) is 5.73 Å². The van der Waals surface area contributed by atoms with E-state index in [1.54, 1.807) is 0 Å². The van der Waals surface area contributed by atoms with Crippen molar-refractivity contribution >= 4 is 0 Å². The van der Waals surface area contributed by atoms with Crippen LogP contribution in [0.5, 0.6) is 0 Å². The molecule has 0 aromatic carbocycles. The van der Waals surface area contributed by atoms with Crippen LogP contribution < -0.4 is 5.73 Å². The molecule has 2 N–H and O–H groups in total. The molecule has 106 valence electrons. The third kappa shape index (κ3) is 3.46.